The van der Waals surface area contributed by atoms with Crippen LogP contribution in [0.25, 0.3) is 0 Å². The van der Waals surface area contributed by atoms with Crippen LogP contribution in [0.2, 0.25) is 18.1 Å². The van der Waals surface area contributed by atoms with Crippen LogP contribution >= 0.6 is 0 Å². The van der Waals surface area contributed by atoms with Crippen molar-refractivity contribution in [2.24, 2.45) is 0 Å². The molecule has 0 amide bonds. The number of carbonyl (C=O) groups is 1. The molecule has 0 aromatic carbocycles. The Kier molecular flexibility index (Phi) is 5.46. The maximum atomic E-state index is 10.2. The summed E-state index contributed by atoms with van der Waals surface area (Å²) in [6, 6.07) is 0. The standard InChI is InChI=1S/C12H24O2Si/c1-11(7-9-13)8-10-14-15(5,6)12(2,3)4/h7,9H,8,10H2,1-6H3. The molecule has 0 radical (unpaired) electrons. The minimum Gasteiger partial charge on any atom is -0.417 e. The maximum absolute atomic E-state index is 10.2. The summed E-state index contributed by atoms with van der Waals surface area (Å²) in [5.41, 5.74) is 1.09. The van der Waals surface area contributed by atoms with E-state index in [0.717, 1.165) is 24.9 Å². The monoisotopic (exact) mass is 228 g/mol. The summed E-state index contributed by atoms with van der Waals surface area (Å²) in [7, 11) is -1.61. The molecule has 0 saturated carbocycles. The molecule has 0 aliphatic rings. The van der Waals surface area contributed by atoms with Gasteiger partial charge in [-0.15, -0.1) is 0 Å². The van der Waals surface area contributed by atoms with Gasteiger partial charge >= 0.3 is 0 Å². The topological polar surface area (TPSA) is 26.3 Å². The van der Waals surface area contributed by atoms with Gasteiger partial charge in [0.05, 0.1) is 0 Å². The van der Waals surface area contributed by atoms with Crippen LogP contribution < -0.4 is 0 Å². The third-order valence-electron chi connectivity index (χ3n) is 3.12. The number of rotatable bonds is 5. The molecule has 0 fully saturated rings. The Hall–Kier alpha value is -0.413. The molecule has 0 heterocycles. The van der Waals surface area contributed by atoms with Crippen molar-refractivity contribution < 1.29 is 9.22 Å². The predicted octanol–water partition coefficient (Wildman–Crippen LogP) is 3.54. The average Bonchev–Trinajstić information content (AvgIpc) is 2.01. The highest BCUT2D eigenvalue weighted by Gasteiger charge is 2.36. The fourth-order valence-corrected chi connectivity index (χ4v) is 1.93. The third-order valence-corrected chi connectivity index (χ3v) is 7.66. The molecule has 0 aromatic rings. The summed E-state index contributed by atoms with van der Waals surface area (Å²) in [6.07, 6.45) is 3.29. The summed E-state index contributed by atoms with van der Waals surface area (Å²) in [6.45, 7) is 13.9. The molecule has 0 aliphatic carbocycles. The summed E-state index contributed by atoms with van der Waals surface area (Å²) in [5, 5.41) is 0.259. The quantitative estimate of drug-likeness (QED) is 0.409. The Bertz CT molecular complexity index is 236. The van der Waals surface area contributed by atoms with Crippen molar-refractivity contribution >= 4 is 14.6 Å². The first-order valence-electron chi connectivity index (χ1n) is 5.45. The lowest BCUT2D eigenvalue weighted by Crippen LogP contribution is -2.41. The molecular weight excluding hydrogens is 204 g/mol. The van der Waals surface area contributed by atoms with Gasteiger partial charge in [0.1, 0.15) is 6.29 Å². The molecule has 0 unspecified atom stereocenters. The van der Waals surface area contributed by atoms with Gasteiger partial charge in [-0.05, 0) is 37.6 Å². The molecule has 2 nitrogen and oxygen atoms in total. The molecular formula is C12H24O2Si. The lowest BCUT2D eigenvalue weighted by Gasteiger charge is -2.36. The molecule has 0 spiro atoms. The Morgan fingerprint density at radius 3 is 2.27 bits per heavy atom. The Labute approximate surface area is 94.8 Å². The molecule has 0 rings (SSSR count). The van der Waals surface area contributed by atoms with E-state index < -0.39 is 8.32 Å². The van der Waals surface area contributed by atoms with E-state index in [9.17, 15) is 4.79 Å². The summed E-state index contributed by atoms with van der Waals surface area (Å²) >= 11 is 0. The minimum absolute atomic E-state index is 0.259. The van der Waals surface area contributed by atoms with Gasteiger partial charge in [0.2, 0.25) is 0 Å². The Morgan fingerprint density at radius 1 is 1.33 bits per heavy atom. The molecule has 15 heavy (non-hydrogen) atoms. The Morgan fingerprint density at radius 2 is 1.87 bits per heavy atom. The van der Waals surface area contributed by atoms with Gasteiger partial charge in [0, 0.05) is 6.61 Å². The van der Waals surface area contributed by atoms with E-state index in [1.54, 1.807) is 6.08 Å². The van der Waals surface area contributed by atoms with Gasteiger partial charge in [-0.2, -0.15) is 0 Å². The van der Waals surface area contributed by atoms with Gasteiger partial charge in [-0.1, -0.05) is 26.3 Å². The normalized spacial score (nSPS) is 14.1. The van der Waals surface area contributed by atoms with Crippen molar-refractivity contribution in [3.8, 4) is 0 Å². The summed E-state index contributed by atoms with van der Waals surface area (Å²) in [4.78, 5) is 10.2. The first kappa shape index (κ1) is 14.6. The van der Waals surface area contributed by atoms with E-state index in [2.05, 4.69) is 33.9 Å². The van der Waals surface area contributed by atoms with Crippen molar-refractivity contribution in [1.82, 2.24) is 0 Å². The van der Waals surface area contributed by atoms with Crippen LogP contribution in [-0.2, 0) is 9.22 Å². The van der Waals surface area contributed by atoms with Crippen molar-refractivity contribution in [2.75, 3.05) is 6.61 Å². The summed E-state index contributed by atoms with van der Waals surface area (Å²) in [5.74, 6) is 0. The van der Waals surface area contributed by atoms with Gasteiger partial charge < -0.3 is 4.43 Å². The van der Waals surface area contributed by atoms with Crippen molar-refractivity contribution in [2.45, 2.75) is 52.2 Å². The molecule has 88 valence electrons. The van der Waals surface area contributed by atoms with Crippen LogP contribution in [0.5, 0.6) is 0 Å². The predicted molar refractivity (Wildman–Crippen MR) is 67.6 cm³/mol. The lowest BCUT2D eigenvalue weighted by atomic mass is 10.2. The molecule has 0 aromatic heterocycles. The number of aldehydes is 1. The molecule has 3 heteroatoms. The number of allylic oxidation sites excluding steroid dienone is 1. The van der Waals surface area contributed by atoms with Crippen molar-refractivity contribution in [3.63, 3.8) is 0 Å². The van der Waals surface area contributed by atoms with Crippen LogP contribution in [-0.4, -0.2) is 21.2 Å². The van der Waals surface area contributed by atoms with Gasteiger partial charge in [-0.25, -0.2) is 0 Å². The van der Waals surface area contributed by atoms with Gasteiger partial charge in [0.25, 0.3) is 0 Å². The Balaban J connectivity index is 4.07. The number of hydrogen-bond donors (Lipinski definition) is 0. The number of hydrogen-bond acceptors (Lipinski definition) is 2. The summed E-state index contributed by atoms with van der Waals surface area (Å²) < 4.78 is 5.99. The first-order chi connectivity index (χ1) is 6.70. The highest BCUT2D eigenvalue weighted by atomic mass is 28.4. The van der Waals surface area contributed by atoms with Gasteiger partial charge in [-0.3, -0.25) is 4.79 Å². The van der Waals surface area contributed by atoms with E-state index in [0.29, 0.717) is 0 Å². The van der Waals surface area contributed by atoms with E-state index >= 15 is 0 Å². The molecule has 0 saturated heterocycles. The van der Waals surface area contributed by atoms with Crippen molar-refractivity contribution in [3.05, 3.63) is 11.6 Å². The zero-order valence-electron chi connectivity index (χ0n) is 10.9. The molecule has 0 atom stereocenters. The molecule has 0 aliphatic heterocycles. The van der Waals surface area contributed by atoms with E-state index in [1.165, 1.54) is 0 Å². The average molecular weight is 228 g/mol. The highest BCUT2D eigenvalue weighted by molar-refractivity contribution is 6.74. The van der Waals surface area contributed by atoms with E-state index in [1.807, 2.05) is 6.92 Å². The second kappa shape index (κ2) is 5.61. The van der Waals surface area contributed by atoms with Crippen LogP contribution in [0.15, 0.2) is 11.6 Å². The smallest absolute Gasteiger partial charge is 0.191 e. The zero-order valence-corrected chi connectivity index (χ0v) is 11.9. The van der Waals surface area contributed by atoms with Crippen molar-refractivity contribution in [1.29, 1.82) is 0 Å². The fourth-order valence-electron chi connectivity index (χ4n) is 0.883. The first-order valence-corrected chi connectivity index (χ1v) is 8.36. The fraction of sp³-hybridized carbons (Fsp3) is 0.750. The minimum atomic E-state index is -1.61. The van der Waals surface area contributed by atoms with Crippen LogP contribution in [0.4, 0.5) is 0 Å². The number of carbonyl (C=O) groups excluding carboxylic acids is 1. The molecule has 0 N–H and O–H groups in total. The maximum Gasteiger partial charge on any atom is 0.191 e. The second-order valence-corrected chi connectivity index (χ2v) is 10.3. The van der Waals surface area contributed by atoms with Crippen LogP contribution in [0.3, 0.4) is 0 Å². The van der Waals surface area contributed by atoms with Crippen LogP contribution in [0.1, 0.15) is 34.1 Å². The highest BCUT2D eigenvalue weighted by Crippen LogP contribution is 2.36. The second-order valence-electron chi connectivity index (χ2n) is 5.51. The van der Waals surface area contributed by atoms with Crippen LogP contribution in [0, 0.1) is 0 Å². The SMILES string of the molecule is CC(=CC=O)CCO[Si](C)(C)C(C)(C)C. The van der Waals surface area contributed by atoms with E-state index in [-0.39, 0.29) is 5.04 Å². The zero-order chi connectivity index (χ0) is 12.1. The van der Waals surface area contributed by atoms with E-state index in [4.69, 9.17) is 4.43 Å². The largest absolute Gasteiger partial charge is 0.417 e. The third kappa shape index (κ3) is 5.28. The van der Waals surface area contributed by atoms with Gasteiger partial charge in [0.15, 0.2) is 8.32 Å². The lowest BCUT2D eigenvalue weighted by molar-refractivity contribution is -0.104. The molecule has 0 bridgehead atoms.